The average molecular weight is 657 g/mol. The molecule has 0 radical (unpaired) electrons. The second-order valence-corrected chi connectivity index (χ2v) is 13.6. The highest BCUT2D eigenvalue weighted by atomic mass is 19.4. The van der Waals surface area contributed by atoms with Gasteiger partial charge >= 0.3 is 18.3 Å². The molecule has 2 fully saturated rings. The predicted octanol–water partition coefficient (Wildman–Crippen LogP) is 6.97. The molecule has 1 atom stereocenters. The molecule has 2 saturated heterocycles. The van der Waals surface area contributed by atoms with E-state index in [9.17, 15) is 27.2 Å². The van der Waals surface area contributed by atoms with E-state index in [0.29, 0.717) is 56.1 Å². The molecule has 0 spiro atoms. The van der Waals surface area contributed by atoms with Crippen molar-refractivity contribution < 1.29 is 31.9 Å². The van der Waals surface area contributed by atoms with E-state index < -0.39 is 29.5 Å². The molecule has 3 aliphatic rings. The van der Waals surface area contributed by atoms with Crippen molar-refractivity contribution in [1.82, 2.24) is 19.6 Å². The first-order valence-corrected chi connectivity index (χ1v) is 16.0. The number of ether oxygens (including phenoxy) is 1. The number of aromatic nitrogens is 2. The Labute approximate surface area is 271 Å². The maximum atomic E-state index is 14.7. The SMILES string of the molecule is Cc1cccc(F)c1N1CCC(N2Cc3cn(C[C@@H]4CCN4C(=O)OC(C)(C)C)nc3N(Cc3ccccc3C(F)(F)F)C2=O)CC1. The first-order valence-electron chi connectivity index (χ1n) is 16.0. The third-order valence-electron chi connectivity index (χ3n) is 9.12. The van der Waals surface area contributed by atoms with Crippen LogP contribution < -0.4 is 9.80 Å². The molecule has 3 amide bonds. The van der Waals surface area contributed by atoms with Crippen molar-refractivity contribution in [3.8, 4) is 0 Å². The molecule has 0 aliphatic carbocycles. The number of fused-ring (bicyclic) bond motifs is 1. The van der Waals surface area contributed by atoms with Gasteiger partial charge in [0.2, 0.25) is 0 Å². The lowest BCUT2D eigenvalue weighted by atomic mass is 10.00. The molecular formula is C34H40F4N6O3. The summed E-state index contributed by atoms with van der Waals surface area (Å²) in [5.74, 6) is 0.0199. The summed E-state index contributed by atoms with van der Waals surface area (Å²) < 4.78 is 63.9. The molecular weight excluding hydrogens is 616 g/mol. The number of carbonyl (C=O) groups excluding carboxylic acids is 2. The Morgan fingerprint density at radius 1 is 1.00 bits per heavy atom. The van der Waals surface area contributed by atoms with Crippen LogP contribution in [0.5, 0.6) is 0 Å². The summed E-state index contributed by atoms with van der Waals surface area (Å²) in [7, 11) is 0. The van der Waals surface area contributed by atoms with E-state index in [-0.39, 0.29) is 36.6 Å². The third-order valence-corrected chi connectivity index (χ3v) is 9.12. The predicted molar refractivity (Wildman–Crippen MR) is 169 cm³/mol. The fourth-order valence-electron chi connectivity index (χ4n) is 6.75. The maximum Gasteiger partial charge on any atom is 0.416 e. The first kappa shape index (κ1) is 32.6. The summed E-state index contributed by atoms with van der Waals surface area (Å²) in [6.07, 6.45) is -1.29. The van der Waals surface area contributed by atoms with E-state index in [0.717, 1.165) is 18.1 Å². The molecule has 2 aromatic carbocycles. The number of alkyl halides is 3. The molecule has 4 heterocycles. The van der Waals surface area contributed by atoms with E-state index >= 15 is 0 Å². The monoisotopic (exact) mass is 656 g/mol. The summed E-state index contributed by atoms with van der Waals surface area (Å²) in [6, 6.07) is 9.46. The van der Waals surface area contributed by atoms with E-state index in [1.165, 1.54) is 29.2 Å². The largest absolute Gasteiger partial charge is 0.444 e. The van der Waals surface area contributed by atoms with Gasteiger partial charge in [0.05, 0.1) is 36.9 Å². The van der Waals surface area contributed by atoms with Crippen molar-refractivity contribution in [2.45, 2.75) is 90.5 Å². The second-order valence-electron chi connectivity index (χ2n) is 13.6. The minimum absolute atomic E-state index is 0.0318. The van der Waals surface area contributed by atoms with E-state index in [2.05, 4.69) is 0 Å². The van der Waals surface area contributed by atoms with Gasteiger partial charge in [0.1, 0.15) is 11.4 Å². The van der Waals surface area contributed by atoms with E-state index in [1.807, 2.05) is 24.1 Å². The summed E-state index contributed by atoms with van der Waals surface area (Å²) in [4.78, 5) is 33.6. The van der Waals surface area contributed by atoms with Gasteiger partial charge in [-0.2, -0.15) is 18.3 Å². The Morgan fingerprint density at radius 3 is 2.36 bits per heavy atom. The summed E-state index contributed by atoms with van der Waals surface area (Å²) in [5.41, 5.74) is 0.632. The van der Waals surface area contributed by atoms with Gasteiger partial charge in [-0.1, -0.05) is 30.3 Å². The van der Waals surface area contributed by atoms with Crippen LogP contribution in [0.3, 0.4) is 0 Å². The summed E-state index contributed by atoms with van der Waals surface area (Å²) >= 11 is 0. The van der Waals surface area contributed by atoms with Crippen LogP contribution in [-0.2, 0) is 30.5 Å². The summed E-state index contributed by atoms with van der Waals surface area (Å²) in [6.45, 7) is 9.19. The fourth-order valence-corrected chi connectivity index (χ4v) is 6.75. The molecule has 3 aliphatic heterocycles. The van der Waals surface area contributed by atoms with Crippen LogP contribution in [0.25, 0.3) is 0 Å². The van der Waals surface area contributed by atoms with Crippen molar-refractivity contribution in [1.29, 1.82) is 0 Å². The Balaban J connectivity index is 1.26. The molecule has 9 nitrogen and oxygen atoms in total. The molecule has 6 rings (SSSR count). The van der Waals surface area contributed by atoms with E-state index in [1.54, 1.807) is 41.3 Å². The highest BCUT2D eigenvalue weighted by Gasteiger charge is 2.41. The Morgan fingerprint density at radius 2 is 1.72 bits per heavy atom. The zero-order valence-corrected chi connectivity index (χ0v) is 27.1. The number of hydrogen-bond donors (Lipinski definition) is 0. The number of urea groups is 1. The summed E-state index contributed by atoms with van der Waals surface area (Å²) in [5, 5.41) is 4.70. The zero-order valence-electron chi connectivity index (χ0n) is 27.1. The van der Waals surface area contributed by atoms with Crippen LogP contribution in [0, 0.1) is 12.7 Å². The minimum Gasteiger partial charge on any atom is -0.444 e. The standard InChI is InChI=1S/C34H40F4N6O3/c1-22-8-7-11-28(35)29(22)40-15-12-25(13-16-40)43-20-24-18-41(21-26-14-17-42(26)32(46)47-33(2,3)4)39-30(24)44(31(43)45)19-23-9-5-6-10-27(23)34(36,37)38/h5-11,18,25-26H,12-17,19-21H2,1-4H3/t26-/m0/s1. The van der Waals surface area contributed by atoms with Gasteiger partial charge in [0.15, 0.2) is 5.82 Å². The number of nitrogens with zero attached hydrogens (tertiary/aromatic N) is 6. The van der Waals surface area contributed by atoms with Gasteiger partial charge < -0.3 is 19.4 Å². The van der Waals surface area contributed by atoms with Crippen molar-refractivity contribution in [3.05, 3.63) is 76.7 Å². The minimum atomic E-state index is -4.59. The van der Waals surface area contributed by atoms with E-state index in [4.69, 9.17) is 9.84 Å². The normalized spacial score (nSPS) is 19.1. The Kier molecular flexibility index (Phi) is 8.60. The lowest BCUT2D eigenvalue weighted by Crippen LogP contribution is -2.54. The quantitative estimate of drug-likeness (QED) is 0.268. The maximum absolute atomic E-state index is 14.7. The lowest BCUT2D eigenvalue weighted by molar-refractivity contribution is -0.138. The van der Waals surface area contributed by atoms with Crippen molar-refractivity contribution in [3.63, 3.8) is 0 Å². The molecule has 3 aromatic rings. The molecule has 0 bridgehead atoms. The van der Waals surface area contributed by atoms with Gasteiger partial charge in [-0.3, -0.25) is 9.58 Å². The molecule has 13 heteroatoms. The number of amides is 3. The Bertz CT molecular complexity index is 1620. The number of benzene rings is 2. The molecule has 0 saturated carbocycles. The number of para-hydroxylation sites is 1. The number of carbonyl (C=O) groups is 2. The number of anilines is 2. The molecule has 47 heavy (non-hydrogen) atoms. The van der Waals surface area contributed by atoms with Gasteiger partial charge in [0.25, 0.3) is 0 Å². The first-order chi connectivity index (χ1) is 22.2. The number of hydrogen-bond acceptors (Lipinski definition) is 5. The second kappa shape index (κ2) is 12.4. The average Bonchev–Trinajstić information content (AvgIpc) is 3.38. The highest BCUT2D eigenvalue weighted by Crippen LogP contribution is 2.37. The number of halogens is 4. The zero-order chi connectivity index (χ0) is 33.7. The van der Waals surface area contributed by atoms with Gasteiger partial charge in [-0.05, 0) is 70.2 Å². The van der Waals surface area contributed by atoms with Gasteiger partial charge in [0, 0.05) is 37.4 Å². The van der Waals surface area contributed by atoms with Gasteiger partial charge in [-0.25, -0.2) is 14.0 Å². The molecule has 0 N–H and O–H groups in total. The van der Waals surface area contributed by atoms with Crippen LogP contribution in [-0.4, -0.2) is 69.0 Å². The van der Waals surface area contributed by atoms with Crippen LogP contribution in [0.2, 0.25) is 0 Å². The molecule has 252 valence electrons. The third kappa shape index (κ3) is 6.75. The fraction of sp³-hybridized carbons (Fsp3) is 0.500. The van der Waals surface area contributed by atoms with Crippen molar-refractivity contribution >= 4 is 23.6 Å². The van der Waals surface area contributed by atoms with Crippen molar-refractivity contribution in [2.24, 2.45) is 0 Å². The van der Waals surface area contributed by atoms with Crippen LogP contribution in [0.4, 0.5) is 38.7 Å². The smallest absolute Gasteiger partial charge is 0.416 e. The highest BCUT2D eigenvalue weighted by molar-refractivity contribution is 5.94. The topological polar surface area (TPSA) is 74.2 Å². The number of rotatable bonds is 6. The number of aryl methyl sites for hydroxylation is 1. The number of piperidine rings is 1. The van der Waals surface area contributed by atoms with Crippen LogP contribution in [0.1, 0.15) is 62.3 Å². The molecule has 1 aromatic heterocycles. The van der Waals surface area contributed by atoms with Crippen LogP contribution in [0.15, 0.2) is 48.7 Å². The number of likely N-dealkylation sites (tertiary alicyclic amines) is 1. The van der Waals surface area contributed by atoms with Crippen LogP contribution >= 0.6 is 0 Å². The Hall–Kier alpha value is -4.29. The molecule has 0 unspecified atom stereocenters. The van der Waals surface area contributed by atoms with Crippen molar-refractivity contribution in [2.75, 3.05) is 29.4 Å². The van der Waals surface area contributed by atoms with Gasteiger partial charge in [-0.15, -0.1) is 0 Å². The lowest BCUT2D eigenvalue weighted by Gasteiger charge is -2.43.